The fraction of sp³-hybridized carbons (Fsp3) is 0.409. The molecule has 0 aromatic carbocycles. The van der Waals surface area contributed by atoms with Crippen molar-refractivity contribution in [2.75, 3.05) is 53.9 Å². The Bertz CT molecular complexity index is 1130. The highest BCUT2D eigenvalue weighted by molar-refractivity contribution is 7.56. The van der Waals surface area contributed by atoms with E-state index in [1.165, 1.54) is 35.2 Å². The molecule has 3 rings (SSSR count). The van der Waals surface area contributed by atoms with Crippen molar-refractivity contribution in [2.45, 2.75) is 6.42 Å². The second-order valence-corrected chi connectivity index (χ2v) is 11.6. The molecule has 0 fully saturated rings. The average Bonchev–Trinajstić information content (AvgIpc) is 3.50. The summed E-state index contributed by atoms with van der Waals surface area (Å²) in [5.74, 6) is -3.77. The Labute approximate surface area is 218 Å². The van der Waals surface area contributed by atoms with Crippen molar-refractivity contribution in [1.82, 2.24) is 28.5 Å². The molecule has 0 saturated heterocycles. The van der Waals surface area contributed by atoms with E-state index >= 15 is 0 Å². The van der Waals surface area contributed by atoms with Crippen molar-refractivity contribution in [3.05, 3.63) is 36.4 Å². The van der Waals surface area contributed by atoms with Crippen molar-refractivity contribution in [3.63, 3.8) is 0 Å². The third-order valence-corrected chi connectivity index (χ3v) is 9.33. The van der Waals surface area contributed by atoms with E-state index in [1.54, 1.807) is 0 Å². The van der Waals surface area contributed by atoms with E-state index in [0.29, 0.717) is 4.73 Å². The molecule has 0 bridgehead atoms. The number of likely N-dealkylation sites (N-methyl/N-ethyl adjacent to an activating group) is 2. The van der Waals surface area contributed by atoms with Crippen LogP contribution >= 0.6 is 7.59 Å². The molecule has 0 atom stereocenters. The zero-order valence-corrected chi connectivity index (χ0v) is 22.0. The number of imide groups is 2. The summed E-state index contributed by atoms with van der Waals surface area (Å²) in [6.07, 6.45) is 4.28. The average molecular weight is 552 g/mol. The van der Waals surface area contributed by atoms with Gasteiger partial charge in [0.1, 0.15) is 0 Å². The number of nitrogens with zero attached hydrogens (tertiary/aromatic N) is 6. The topological polar surface area (TPSA) is 173 Å². The molecule has 0 radical (unpaired) electrons. The number of hydrogen-bond acceptors (Lipinski definition) is 9. The van der Waals surface area contributed by atoms with Crippen LogP contribution in [0.15, 0.2) is 36.4 Å². The highest BCUT2D eigenvalue weighted by Gasteiger charge is 2.39. The van der Waals surface area contributed by atoms with Crippen molar-refractivity contribution < 1.29 is 43.6 Å². The van der Waals surface area contributed by atoms with E-state index in [-0.39, 0.29) is 39.1 Å². The molecule has 38 heavy (non-hydrogen) atoms. The first-order valence-corrected chi connectivity index (χ1v) is 13.1. The Morgan fingerprint density at radius 1 is 0.763 bits per heavy atom. The van der Waals surface area contributed by atoms with Crippen LogP contribution in [0, 0.1) is 0 Å². The third-order valence-electron chi connectivity index (χ3n) is 6.06. The molecule has 0 aliphatic carbocycles. The Hall–Kier alpha value is -3.78. The number of aromatic nitrogens is 1. The molecule has 1 aromatic rings. The van der Waals surface area contributed by atoms with Gasteiger partial charge >= 0.3 is 5.97 Å². The van der Waals surface area contributed by atoms with Gasteiger partial charge in [0.25, 0.3) is 31.2 Å². The second-order valence-electron chi connectivity index (χ2n) is 8.54. The minimum Gasteiger partial charge on any atom is -0.492 e. The second kappa shape index (κ2) is 11.7. The molecular weight excluding hydrogens is 523 g/mol. The van der Waals surface area contributed by atoms with Crippen LogP contribution in [-0.2, 0) is 28.5 Å². The van der Waals surface area contributed by atoms with Gasteiger partial charge in [-0.1, -0.05) is 0 Å². The van der Waals surface area contributed by atoms with Crippen molar-refractivity contribution >= 4 is 37.2 Å². The first kappa shape index (κ1) is 28.8. The van der Waals surface area contributed by atoms with Crippen molar-refractivity contribution in [1.29, 1.82) is 0 Å². The number of carbonyl (C=O) groups excluding carboxylic acids is 5. The maximum absolute atomic E-state index is 14.4. The third kappa shape index (κ3) is 6.02. The van der Waals surface area contributed by atoms with E-state index in [9.17, 15) is 38.8 Å². The maximum atomic E-state index is 14.4. The van der Waals surface area contributed by atoms with E-state index in [2.05, 4.69) is 0 Å². The number of amides is 4. The highest BCUT2D eigenvalue weighted by Crippen LogP contribution is 2.53. The first-order chi connectivity index (χ1) is 17.9. The lowest BCUT2D eigenvalue weighted by atomic mass is 10.4. The number of carbonyl (C=O) groups is 5. The minimum atomic E-state index is -3.68. The molecule has 2 aliphatic heterocycles. The summed E-state index contributed by atoms with van der Waals surface area (Å²) in [5, 5.41) is 19.3. The van der Waals surface area contributed by atoms with Crippen LogP contribution in [0.5, 0.6) is 11.8 Å². The largest absolute Gasteiger partial charge is 0.492 e. The van der Waals surface area contributed by atoms with E-state index in [1.807, 2.05) is 0 Å². The molecule has 16 heteroatoms. The lowest BCUT2D eigenvalue weighted by Crippen LogP contribution is -2.44. The molecule has 206 valence electrons. The summed E-state index contributed by atoms with van der Waals surface area (Å²) in [6.45, 7) is -0.157. The normalized spacial score (nSPS) is 15.8. The Balaban J connectivity index is 1.70. The smallest absolute Gasteiger partial charge is 0.334 e. The molecule has 0 spiro atoms. The lowest BCUT2D eigenvalue weighted by Gasteiger charge is -2.41. The van der Waals surface area contributed by atoms with Crippen LogP contribution in [0.4, 0.5) is 0 Å². The van der Waals surface area contributed by atoms with Crippen molar-refractivity contribution in [3.8, 4) is 11.8 Å². The summed E-state index contributed by atoms with van der Waals surface area (Å²) in [5.41, 5.74) is 0. The van der Waals surface area contributed by atoms with Crippen LogP contribution in [-0.4, -0.2) is 122 Å². The minimum absolute atomic E-state index is 0.0177. The SMILES string of the molecule is CN(CCC(=O)On1c(O)ccc1O)P(=O)(N(C)CCN1C(=O)C=CC1=O)N(C)CCN1C(=O)C=CC1=O. The molecule has 2 N–H and O–H groups in total. The van der Waals surface area contributed by atoms with E-state index < -0.39 is 49.0 Å². The zero-order valence-electron chi connectivity index (χ0n) is 21.1. The molecule has 0 saturated carbocycles. The fourth-order valence-corrected chi connectivity index (χ4v) is 6.49. The molecule has 1 aromatic heterocycles. The summed E-state index contributed by atoms with van der Waals surface area (Å²) < 4.78 is 19.2. The standard InChI is InChI=1S/C22H29N6O9P/c1-23(11-10-22(35)37-28-20(33)8-9-21(28)34)38(36,24(2)12-14-26-16(29)4-5-17(26)30)25(3)13-15-27-18(31)6-7-19(27)32/h4-9,33-34H,10-15H2,1-3H3. The van der Waals surface area contributed by atoms with E-state index in [0.717, 1.165) is 46.2 Å². The molecule has 2 aliphatic rings. The summed E-state index contributed by atoms with van der Waals surface area (Å²) in [6, 6.07) is 2.26. The first-order valence-electron chi connectivity index (χ1n) is 11.5. The summed E-state index contributed by atoms with van der Waals surface area (Å²) >= 11 is 0. The summed E-state index contributed by atoms with van der Waals surface area (Å²) in [7, 11) is 0.854. The van der Waals surface area contributed by atoms with Crippen LogP contribution in [0.25, 0.3) is 0 Å². The van der Waals surface area contributed by atoms with Crippen LogP contribution < -0.4 is 4.84 Å². The molecule has 0 unspecified atom stereocenters. The van der Waals surface area contributed by atoms with Gasteiger partial charge in [-0.3, -0.25) is 33.5 Å². The van der Waals surface area contributed by atoms with Gasteiger partial charge in [0.05, 0.1) is 6.42 Å². The van der Waals surface area contributed by atoms with Gasteiger partial charge in [0.15, 0.2) is 0 Å². The van der Waals surface area contributed by atoms with Crippen molar-refractivity contribution in [2.24, 2.45) is 0 Å². The highest BCUT2D eigenvalue weighted by atomic mass is 31.2. The predicted molar refractivity (Wildman–Crippen MR) is 131 cm³/mol. The monoisotopic (exact) mass is 552 g/mol. The number of rotatable bonds is 13. The zero-order chi connectivity index (χ0) is 28.2. The Morgan fingerprint density at radius 2 is 1.13 bits per heavy atom. The number of aromatic hydroxyl groups is 2. The van der Waals surface area contributed by atoms with Gasteiger partial charge in [0, 0.05) is 69.2 Å². The van der Waals surface area contributed by atoms with Crippen LogP contribution in [0.2, 0.25) is 0 Å². The van der Waals surface area contributed by atoms with Gasteiger partial charge in [-0.25, -0.2) is 18.8 Å². The molecule has 15 nitrogen and oxygen atoms in total. The molecule has 4 amide bonds. The van der Waals surface area contributed by atoms with Gasteiger partial charge in [-0.05, 0) is 21.1 Å². The van der Waals surface area contributed by atoms with Gasteiger partial charge < -0.3 is 15.1 Å². The molecular formula is C22H29N6O9P. The molecule has 3 heterocycles. The fourth-order valence-electron chi connectivity index (χ4n) is 3.86. The van der Waals surface area contributed by atoms with Crippen LogP contribution in [0.3, 0.4) is 0 Å². The maximum Gasteiger partial charge on any atom is 0.334 e. The number of hydrogen-bond donors (Lipinski definition) is 2. The lowest BCUT2D eigenvalue weighted by molar-refractivity contribution is -0.145. The van der Waals surface area contributed by atoms with Crippen LogP contribution in [0.1, 0.15) is 6.42 Å². The van der Waals surface area contributed by atoms with E-state index in [4.69, 9.17) is 4.84 Å². The van der Waals surface area contributed by atoms with Gasteiger partial charge in [-0.15, -0.1) is 4.73 Å². The Kier molecular flexibility index (Phi) is 8.89. The predicted octanol–water partition coefficient (Wildman–Crippen LogP) is -1.00. The van der Waals surface area contributed by atoms with Gasteiger partial charge in [-0.2, -0.15) is 0 Å². The quantitative estimate of drug-likeness (QED) is 0.226. The van der Waals surface area contributed by atoms with Gasteiger partial charge in [0.2, 0.25) is 11.8 Å². The Morgan fingerprint density at radius 3 is 1.53 bits per heavy atom. The summed E-state index contributed by atoms with van der Waals surface area (Å²) in [4.78, 5) is 67.0.